The molecule has 0 saturated carbocycles. The van der Waals surface area contributed by atoms with Gasteiger partial charge in [-0.1, -0.05) is 6.92 Å². The van der Waals surface area contributed by atoms with Gasteiger partial charge in [0.05, 0.1) is 12.4 Å². The van der Waals surface area contributed by atoms with Crippen LogP contribution in [0.1, 0.15) is 48.0 Å². The molecule has 0 rings (SSSR count). The zero-order valence-electron chi connectivity index (χ0n) is 15.3. The van der Waals surface area contributed by atoms with Gasteiger partial charge in [0.25, 0.3) is 0 Å². The molecule has 7 nitrogen and oxygen atoms in total. The van der Waals surface area contributed by atoms with Crippen molar-refractivity contribution >= 4 is 16.0 Å². The average Bonchev–Trinajstić information content (AvgIpc) is 2.37. The molecular weight excluding hydrogens is 320 g/mol. The van der Waals surface area contributed by atoms with Crippen LogP contribution in [0.2, 0.25) is 0 Å². The van der Waals surface area contributed by atoms with Gasteiger partial charge in [-0.25, -0.2) is 8.42 Å². The van der Waals surface area contributed by atoms with E-state index >= 15 is 0 Å². The maximum absolute atomic E-state index is 12.1. The van der Waals surface area contributed by atoms with Gasteiger partial charge in [-0.3, -0.25) is 4.79 Å². The van der Waals surface area contributed by atoms with E-state index in [4.69, 9.17) is 15.2 Å². The molecule has 0 amide bonds. The molecule has 0 aromatic rings. The molecule has 0 bridgehead atoms. The lowest BCUT2D eigenvalue weighted by Gasteiger charge is -2.36. The molecular formula is C15H32N2O5S. The highest BCUT2D eigenvalue weighted by Gasteiger charge is 2.33. The predicted molar refractivity (Wildman–Crippen MR) is 90.5 cm³/mol. The Balaban J connectivity index is 5.14. The van der Waals surface area contributed by atoms with Crippen LogP contribution in [0.5, 0.6) is 0 Å². The van der Waals surface area contributed by atoms with Crippen LogP contribution in [0.15, 0.2) is 0 Å². The zero-order chi connectivity index (χ0) is 18.4. The molecule has 0 aliphatic rings. The number of nitrogens with two attached hydrogens (primary N) is 1. The number of carbonyl (C=O) groups is 1. The number of nitrogens with zero attached hydrogens (tertiary/aromatic N) is 1. The minimum Gasteiger partial charge on any atom is -0.462 e. The molecule has 0 saturated heterocycles. The van der Waals surface area contributed by atoms with Crippen LogP contribution < -0.4 is 5.73 Å². The fraction of sp³-hybridized carbons (Fsp3) is 0.933. The second kappa shape index (κ2) is 8.96. The molecule has 138 valence electrons. The first-order chi connectivity index (χ1) is 10.3. The van der Waals surface area contributed by atoms with Crippen LogP contribution in [-0.4, -0.2) is 61.9 Å². The molecule has 2 N–H and O–H groups in total. The Morgan fingerprint density at radius 2 is 1.78 bits per heavy atom. The molecule has 0 aromatic heterocycles. The van der Waals surface area contributed by atoms with Crippen molar-refractivity contribution in [3.05, 3.63) is 0 Å². The number of sulfonamides is 1. The summed E-state index contributed by atoms with van der Waals surface area (Å²) >= 11 is 0. The molecule has 23 heavy (non-hydrogen) atoms. The predicted octanol–water partition coefficient (Wildman–Crippen LogP) is 1.12. The zero-order valence-corrected chi connectivity index (χ0v) is 16.1. The van der Waals surface area contributed by atoms with E-state index in [-0.39, 0.29) is 19.3 Å². The number of carbonyl (C=O) groups excluding carboxylic acids is 1. The van der Waals surface area contributed by atoms with Crippen molar-refractivity contribution in [2.24, 2.45) is 5.73 Å². The summed E-state index contributed by atoms with van der Waals surface area (Å²) in [5.41, 5.74) is 4.87. The summed E-state index contributed by atoms with van der Waals surface area (Å²) in [5.74, 6) is -0.538. The maximum atomic E-state index is 12.1. The first-order valence-corrected chi connectivity index (χ1v) is 9.69. The lowest BCUT2D eigenvalue weighted by atomic mass is 10.1. The Morgan fingerprint density at radius 1 is 1.26 bits per heavy atom. The first-order valence-electron chi connectivity index (χ1n) is 7.84. The Bertz CT molecular complexity index is 471. The van der Waals surface area contributed by atoms with E-state index in [2.05, 4.69) is 0 Å². The fourth-order valence-corrected chi connectivity index (χ4v) is 3.39. The van der Waals surface area contributed by atoms with E-state index < -0.39 is 33.7 Å². The smallest absolute Gasteiger partial charge is 0.322 e. The molecule has 0 radical (unpaired) electrons. The van der Waals surface area contributed by atoms with Gasteiger partial charge in [0.15, 0.2) is 0 Å². The molecule has 0 fully saturated rings. The number of rotatable bonds is 9. The molecule has 0 aromatic carbocycles. The number of esters is 1. The first kappa shape index (κ1) is 22.3. The fourth-order valence-electron chi connectivity index (χ4n) is 1.96. The molecule has 0 spiro atoms. The third-order valence-corrected chi connectivity index (χ3v) is 4.80. The van der Waals surface area contributed by atoms with E-state index in [1.54, 1.807) is 0 Å². The molecule has 0 unspecified atom stereocenters. The van der Waals surface area contributed by atoms with E-state index in [0.29, 0.717) is 0 Å². The highest BCUT2D eigenvalue weighted by molar-refractivity contribution is 7.88. The summed E-state index contributed by atoms with van der Waals surface area (Å²) in [4.78, 5) is 11.5. The van der Waals surface area contributed by atoms with Gasteiger partial charge in [0, 0.05) is 12.1 Å². The van der Waals surface area contributed by atoms with Crippen LogP contribution in [-0.2, 0) is 24.3 Å². The van der Waals surface area contributed by atoms with Crippen molar-refractivity contribution in [2.75, 3.05) is 19.4 Å². The second-order valence-corrected chi connectivity index (χ2v) is 8.77. The minimum absolute atomic E-state index is 0.0349. The van der Waals surface area contributed by atoms with Crippen molar-refractivity contribution in [2.45, 2.75) is 71.8 Å². The standard InChI is InChI=1S/C15H32N2O5S/c1-8-11(2)22-13(10-21-14(18)12(3)16)9-17(15(4,5)6)23(7,19)20/h11-13H,8-10,16H2,1-7H3/t11-,12-,13-/m0/s1. The highest BCUT2D eigenvalue weighted by Crippen LogP contribution is 2.19. The largest absolute Gasteiger partial charge is 0.462 e. The van der Waals surface area contributed by atoms with Gasteiger partial charge in [0.2, 0.25) is 10.0 Å². The van der Waals surface area contributed by atoms with Gasteiger partial charge < -0.3 is 15.2 Å². The summed E-state index contributed by atoms with van der Waals surface area (Å²) in [6, 6.07) is -0.729. The minimum atomic E-state index is -3.43. The van der Waals surface area contributed by atoms with Crippen LogP contribution >= 0.6 is 0 Å². The van der Waals surface area contributed by atoms with E-state index in [0.717, 1.165) is 12.7 Å². The topological polar surface area (TPSA) is 98.9 Å². The van der Waals surface area contributed by atoms with Crippen LogP contribution in [0.25, 0.3) is 0 Å². The van der Waals surface area contributed by atoms with Crippen LogP contribution in [0.3, 0.4) is 0 Å². The second-order valence-electron chi connectivity index (χ2n) is 6.86. The molecule has 0 aliphatic carbocycles. The Labute approximate surface area is 140 Å². The van der Waals surface area contributed by atoms with Crippen molar-refractivity contribution in [1.82, 2.24) is 4.31 Å². The van der Waals surface area contributed by atoms with E-state index in [1.807, 2.05) is 34.6 Å². The molecule has 8 heteroatoms. The monoisotopic (exact) mass is 352 g/mol. The summed E-state index contributed by atoms with van der Waals surface area (Å²) in [6.07, 6.45) is 1.30. The Hall–Kier alpha value is -0.700. The van der Waals surface area contributed by atoms with Gasteiger partial charge in [-0.2, -0.15) is 4.31 Å². The highest BCUT2D eigenvalue weighted by atomic mass is 32.2. The Morgan fingerprint density at radius 3 is 2.13 bits per heavy atom. The molecule has 0 heterocycles. The van der Waals surface area contributed by atoms with E-state index in [9.17, 15) is 13.2 Å². The van der Waals surface area contributed by atoms with Crippen molar-refractivity contribution < 1.29 is 22.7 Å². The summed E-state index contributed by atoms with van der Waals surface area (Å²) in [5, 5.41) is 0. The molecule has 3 atom stereocenters. The van der Waals surface area contributed by atoms with E-state index in [1.165, 1.54) is 11.2 Å². The number of ether oxygens (including phenoxy) is 2. The lowest BCUT2D eigenvalue weighted by Crippen LogP contribution is -2.50. The number of hydrogen-bond donors (Lipinski definition) is 1. The lowest BCUT2D eigenvalue weighted by molar-refractivity contribution is -0.151. The quantitative estimate of drug-likeness (QED) is 0.624. The summed E-state index contributed by atoms with van der Waals surface area (Å²) in [6.45, 7) is 10.9. The summed E-state index contributed by atoms with van der Waals surface area (Å²) in [7, 11) is -3.43. The van der Waals surface area contributed by atoms with Crippen LogP contribution in [0.4, 0.5) is 0 Å². The van der Waals surface area contributed by atoms with Gasteiger partial charge in [-0.05, 0) is 41.0 Å². The summed E-state index contributed by atoms with van der Waals surface area (Å²) < 4.78 is 36.4. The SMILES string of the molecule is CC[C@H](C)O[C@H](COC(=O)[C@H](C)N)CN(C(C)(C)C)S(C)(=O)=O. The third kappa shape index (κ3) is 8.64. The maximum Gasteiger partial charge on any atom is 0.322 e. The van der Waals surface area contributed by atoms with Gasteiger partial charge in [0.1, 0.15) is 18.8 Å². The number of hydrogen-bond acceptors (Lipinski definition) is 6. The average molecular weight is 352 g/mol. The molecule has 0 aliphatic heterocycles. The van der Waals surface area contributed by atoms with Crippen molar-refractivity contribution in [3.63, 3.8) is 0 Å². The van der Waals surface area contributed by atoms with Gasteiger partial charge in [-0.15, -0.1) is 0 Å². The normalized spacial score (nSPS) is 16.9. The van der Waals surface area contributed by atoms with Crippen LogP contribution in [0, 0.1) is 0 Å². The Kier molecular flexibility index (Phi) is 8.69. The van der Waals surface area contributed by atoms with Gasteiger partial charge >= 0.3 is 5.97 Å². The van der Waals surface area contributed by atoms with Crippen molar-refractivity contribution in [1.29, 1.82) is 0 Å². The third-order valence-electron chi connectivity index (χ3n) is 3.30. The van der Waals surface area contributed by atoms with Crippen molar-refractivity contribution in [3.8, 4) is 0 Å².